The second-order valence-electron chi connectivity index (χ2n) is 3.91. The Balaban J connectivity index is 2.32. The van der Waals surface area contributed by atoms with Crippen molar-refractivity contribution in [3.05, 3.63) is 46.1 Å². The van der Waals surface area contributed by atoms with E-state index in [1.165, 1.54) is 7.11 Å². The monoisotopic (exact) mass is 328 g/mol. The molecule has 0 amide bonds. The van der Waals surface area contributed by atoms with Crippen LogP contribution in [-0.4, -0.2) is 12.1 Å². The van der Waals surface area contributed by atoms with E-state index in [0.29, 0.717) is 5.82 Å². The van der Waals surface area contributed by atoms with Gasteiger partial charge in [0.2, 0.25) is 0 Å². The van der Waals surface area contributed by atoms with Crippen molar-refractivity contribution in [2.75, 3.05) is 12.4 Å². The zero-order valence-electron chi connectivity index (χ0n) is 10.3. The van der Waals surface area contributed by atoms with Crippen LogP contribution in [0.2, 0.25) is 0 Å². The summed E-state index contributed by atoms with van der Waals surface area (Å²) in [7, 11) is 1.28. The van der Waals surface area contributed by atoms with Crippen molar-refractivity contribution in [2.45, 2.75) is 6.92 Å². The lowest BCUT2D eigenvalue weighted by atomic mass is 10.2. The van der Waals surface area contributed by atoms with E-state index in [4.69, 9.17) is 4.74 Å². The number of hydrogen-bond donors (Lipinski definition) is 1. The Hall–Kier alpha value is -1.69. The molecule has 0 fully saturated rings. The van der Waals surface area contributed by atoms with Gasteiger partial charge in [0.25, 0.3) is 0 Å². The number of anilines is 2. The van der Waals surface area contributed by atoms with Crippen LogP contribution in [0.5, 0.6) is 5.75 Å². The first-order valence-electron chi connectivity index (χ1n) is 5.43. The number of rotatable bonds is 3. The molecule has 3 nitrogen and oxygen atoms in total. The molecule has 0 aliphatic rings. The van der Waals surface area contributed by atoms with Gasteiger partial charge >= 0.3 is 0 Å². The van der Waals surface area contributed by atoms with Crippen LogP contribution in [0.1, 0.15) is 5.56 Å². The van der Waals surface area contributed by atoms with Crippen LogP contribution in [0.15, 0.2) is 28.9 Å². The first-order chi connectivity index (χ1) is 9.01. The minimum Gasteiger partial charge on any atom is -0.494 e. The molecule has 2 aromatic rings. The number of nitrogens with one attached hydrogen (secondary N) is 1. The van der Waals surface area contributed by atoms with Crippen molar-refractivity contribution in [2.24, 2.45) is 0 Å². The van der Waals surface area contributed by atoms with Crippen molar-refractivity contribution in [3.8, 4) is 5.75 Å². The molecule has 0 aliphatic carbocycles. The fourth-order valence-electron chi connectivity index (χ4n) is 1.53. The summed E-state index contributed by atoms with van der Waals surface area (Å²) in [5.41, 5.74) is 0.944. The molecular formula is C13H11BrF2N2O. The van der Waals surface area contributed by atoms with Crippen LogP contribution in [0.3, 0.4) is 0 Å². The number of aromatic nitrogens is 1. The van der Waals surface area contributed by atoms with Gasteiger partial charge in [0, 0.05) is 22.8 Å². The summed E-state index contributed by atoms with van der Waals surface area (Å²) in [4.78, 5) is 4.07. The van der Waals surface area contributed by atoms with Gasteiger partial charge in [-0.15, -0.1) is 0 Å². The average Bonchev–Trinajstić information content (AvgIpc) is 2.38. The summed E-state index contributed by atoms with van der Waals surface area (Å²) in [5, 5.41) is 2.73. The topological polar surface area (TPSA) is 34.1 Å². The predicted molar refractivity (Wildman–Crippen MR) is 72.9 cm³/mol. The lowest BCUT2D eigenvalue weighted by Gasteiger charge is -2.10. The number of aryl methyl sites for hydroxylation is 1. The van der Waals surface area contributed by atoms with E-state index < -0.39 is 11.6 Å². The largest absolute Gasteiger partial charge is 0.494 e. The molecule has 0 bridgehead atoms. The van der Waals surface area contributed by atoms with Gasteiger partial charge in [0.1, 0.15) is 5.82 Å². The second-order valence-corrected chi connectivity index (χ2v) is 4.76. The fraction of sp³-hybridized carbons (Fsp3) is 0.154. The van der Waals surface area contributed by atoms with E-state index in [1.54, 1.807) is 12.3 Å². The van der Waals surface area contributed by atoms with Gasteiger partial charge in [-0.25, -0.2) is 13.8 Å². The number of hydrogen-bond acceptors (Lipinski definition) is 3. The summed E-state index contributed by atoms with van der Waals surface area (Å²) in [6.07, 6.45) is 1.59. The van der Waals surface area contributed by atoms with Gasteiger partial charge in [-0.1, -0.05) is 0 Å². The Morgan fingerprint density at radius 3 is 2.58 bits per heavy atom. The van der Waals surface area contributed by atoms with Gasteiger partial charge in [-0.3, -0.25) is 0 Å². The Bertz CT molecular complexity index is 620. The second kappa shape index (κ2) is 5.52. The van der Waals surface area contributed by atoms with Crippen LogP contribution < -0.4 is 10.1 Å². The van der Waals surface area contributed by atoms with Crippen LogP contribution in [0.4, 0.5) is 20.3 Å². The molecule has 1 heterocycles. The van der Waals surface area contributed by atoms with Gasteiger partial charge in [0.05, 0.1) is 12.8 Å². The fourth-order valence-corrected chi connectivity index (χ4v) is 1.74. The number of benzene rings is 1. The standard InChI is InChI=1S/C13H11BrF2N2O/c1-7-3-13(17-6-8(7)14)18-11-4-10(16)12(19-2)5-9(11)15/h3-6H,1-2H3,(H,17,18). The molecule has 0 unspecified atom stereocenters. The normalized spacial score (nSPS) is 10.4. The van der Waals surface area contributed by atoms with Gasteiger partial charge in [-0.2, -0.15) is 0 Å². The smallest absolute Gasteiger partial charge is 0.167 e. The van der Waals surface area contributed by atoms with Crippen LogP contribution in [0.25, 0.3) is 0 Å². The van der Waals surface area contributed by atoms with Crippen molar-refractivity contribution in [1.29, 1.82) is 0 Å². The molecule has 0 atom stereocenters. The molecular weight excluding hydrogens is 318 g/mol. The maximum atomic E-state index is 13.7. The molecule has 6 heteroatoms. The van der Waals surface area contributed by atoms with Crippen molar-refractivity contribution in [3.63, 3.8) is 0 Å². The zero-order valence-corrected chi connectivity index (χ0v) is 11.9. The highest BCUT2D eigenvalue weighted by Crippen LogP contribution is 2.27. The summed E-state index contributed by atoms with van der Waals surface area (Å²) in [5.74, 6) is -0.951. The molecule has 1 aromatic carbocycles. The molecule has 2 rings (SSSR count). The third kappa shape index (κ3) is 3.01. The number of halogens is 3. The first-order valence-corrected chi connectivity index (χ1v) is 6.22. The molecule has 100 valence electrons. The molecule has 1 aromatic heterocycles. The lowest BCUT2D eigenvalue weighted by molar-refractivity contribution is 0.383. The van der Waals surface area contributed by atoms with E-state index in [9.17, 15) is 8.78 Å². The van der Waals surface area contributed by atoms with E-state index in [1.807, 2.05) is 6.92 Å². The predicted octanol–water partition coefficient (Wildman–Crippen LogP) is 4.18. The van der Waals surface area contributed by atoms with Gasteiger partial charge in [0.15, 0.2) is 17.4 Å². The Morgan fingerprint density at radius 1 is 1.21 bits per heavy atom. The molecule has 0 radical (unpaired) electrons. The zero-order chi connectivity index (χ0) is 14.0. The quantitative estimate of drug-likeness (QED) is 0.917. The van der Waals surface area contributed by atoms with Crippen molar-refractivity contribution < 1.29 is 13.5 Å². The summed E-state index contributed by atoms with van der Waals surface area (Å²) in [6, 6.07) is 3.75. The van der Waals surface area contributed by atoms with E-state index in [0.717, 1.165) is 22.2 Å². The molecule has 0 spiro atoms. The highest BCUT2D eigenvalue weighted by Gasteiger charge is 2.11. The van der Waals surface area contributed by atoms with E-state index in [-0.39, 0.29) is 11.4 Å². The Labute approximate surface area is 117 Å². The van der Waals surface area contributed by atoms with Crippen molar-refractivity contribution >= 4 is 27.4 Å². The minimum atomic E-state index is -0.639. The lowest BCUT2D eigenvalue weighted by Crippen LogP contribution is -1.99. The molecule has 0 saturated carbocycles. The summed E-state index contributed by atoms with van der Waals surface area (Å²) >= 11 is 3.32. The van der Waals surface area contributed by atoms with Crippen LogP contribution in [0, 0.1) is 18.6 Å². The molecule has 1 N–H and O–H groups in total. The third-order valence-electron chi connectivity index (χ3n) is 2.55. The molecule has 0 saturated heterocycles. The number of methoxy groups -OCH3 is 1. The molecule has 19 heavy (non-hydrogen) atoms. The number of ether oxygens (including phenoxy) is 1. The Morgan fingerprint density at radius 2 is 1.95 bits per heavy atom. The highest BCUT2D eigenvalue weighted by molar-refractivity contribution is 9.10. The SMILES string of the molecule is COc1cc(F)c(Nc2cc(C)c(Br)cn2)cc1F. The van der Waals surface area contributed by atoms with E-state index >= 15 is 0 Å². The maximum absolute atomic E-state index is 13.7. The minimum absolute atomic E-state index is 0.00697. The number of pyridine rings is 1. The highest BCUT2D eigenvalue weighted by atomic mass is 79.9. The van der Waals surface area contributed by atoms with Gasteiger partial charge < -0.3 is 10.1 Å². The maximum Gasteiger partial charge on any atom is 0.167 e. The summed E-state index contributed by atoms with van der Waals surface area (Å²) in [6.45, 7) is 1.88. The molecule has 0 aliphatic heterocycles. The number of nitrogens with zero attached hydrogens (tertiary/aromatic N) is 1. The van der Waals surface area contributed by atoms with Crippen LogP contribution in [-0.2, 0) is 0 Å². The van der Waals surface area contributed by atoms with E-state index in [2.05, 4.69) is 26.2 Å². The summed E-state index contributed by atoms with van der Waals surface area (Å²) < 4.78 is 32.8. The third-order valence-corrected chi connectivity index (χ3v) is 3.38. The average molecular weight is 329 g/mol. The van der Waals surface area contributed by atoms with Crippen LogP contribution >= 0.6 is 15.9 Å². The first kappa shape index (κ1) is 13.7. The Kier molecular flexibility index (Phi) is 3.99. The van der Waals surface area contributed by atoms with Crippen molar-refractivity contribution in [1.82, 2.24) is 4.98 Å². The van der Waals surface area contributed by atoms with Gasteiger partial charge in [-0.05, 0) is 34.5 Å².